The fraction of sp³-hybridized carbons (Fsp3) is 0.0769. The zero-order chi connectivity index (χ0) is 29.7. The van der Waals surface area contributed by atoms with Crippen molar-refractivity contribution in [3.8, 4) is 27.9 Å². The molecule has 0 atom stereocenters. The average Bonchev–Trinajstić information content (AvgIpc) is 3.67. The van der Waals surface area contributed by atoms with Crippen molar-refractivity contribution in [2.45, 2.75) is 19.3 Å². The number of hydrogen-bond donors (Lipinski definition) is 2. The highest BCUT2D eigenvalue weighted by atomic mass is 16.4. The fourth-order valence-corrected chi connectivity index (χ4v) is 7.50. The Morgan fingerprint density at radius 1 is 0.568 bits per heavy atom. The Morgan fingerprint density at radius 3 is 2.09 bits per heavy atom. The van der Waals surface area contributed by atoms with Gasteiger partial charge >= 0.3 is 7.12 Å². The van der Waals surface area contributed by atoms with Crippen LogP contribution in [0.2, 0.25) is 0 Å². The molecule has 8 aromatic rings. The largest absolute Gasteiger partial charge is 0.492 e. The van der Waals surface area contributed by atoms with Gasteiger partial charge < -0.3 is 19.0 Å². The van der Waals surface area contributed by atoms with Gasteiger partial charge in [-0.2, -0.15) is 0 Å². The topological polar surface area (TPSA) is 58.5 Å². The normalized spacial score (nSPS) is 13.6. The number of aromatic nitrogens is 1. The first kappa shape index (κ1) is 25.4. The second-order valence-electron chi connectivity index (χ2n) is 12.4. The van der Waals surface area contributed by atoms with Gasteiger partial charge in [0.15, 0.2) is 5.58 Å². The Labute approximate surface area is 254 Å². The quantitative estimate of drug-likeness (QED) is 0.210. The molecule has 0 saturated carbocycles. The molecule has 1 aliphatic carbocycles. The highest BCUT2D eigenvalue weighted by Gasteiger charge is 2.35. The molecule has 0 fully saturated rings. The number of furan rings is 1. The van der Waals surface area contributed by atoms with Crippen molar-refractivity contribution in [2.75, 3.05) is 0 Å². The predicted molar refractivity (Wildman–Crippen MR) is 181 cm³/mol. The minimum Gasteiger partial charge on any atom is -0.454 e. The van der Waals surface area contributed by atoms with E-state index in [1.807, 2.05) is 24.3 Å². The summed E-state index contributed by atoms with van der Waals surface area (Å²) in [6.07, 6.45) is 0. The summed E-state index contributed by atoms with van der Waals surface area (Å²) in [7, 11) is -1.62. The van der Waals surface area contributed by atoms with E-state index in [4.69, 9.17) is 4.42 Å². The Bertz CT molecular complexity index is 2460. The van der Waals surface area contributed by atoms with Crippen LogP contribution in [0.4, 0.5) is 0 Å². The summed E-state index contributed by atoms with van der Waals surface area (Å²) >= 11 is 0. The molecule has 0 amide bonds. The van der Waals surface area contributed by atoms with Crippen LogP contribution in [-0.2, 0) is 5.41 Å². The highest BCUT2D eigenvalue weighted by Crippen LogP contribution is 2.49. The van der Waals surface area contributed by atoms with Gasteiger partial charge in [-0.3, -0.25) is 0 Å². The maximum Gasteiger partial charge on any atom is 0.492 e. The van der Waals surface area contributed by atoms with E-state index in [-0.39, 0.29) is 5.41 Å². The lowest BCUT2D eigenvalue weighted by atomic mass is 9.79. The number of rotatable bonds is 3. The third-order valence-electron chi connectivity index (χ3n) is 9.64. The lowest BCUT2D eigenvalue weighted by Gasteiger charge is -2.22. The smallest absolute Gasteiger partial charge is 0.454 e. The van der Waals surface area contributed by atoms with Crippen LogP contribution in [-0.4, -0.2) is 21.7 Å². The summed E-state index contributed by atoms with van der Waals surface area (Å²) in [5, 5.41) is 24.2. The third-order valence-corrected chi connectivity index (χ3v) is 9.64. The molecule has 0 unspecified atom stereocenters. The maximum absolute atomic E-state index is 10.0. The van der Waals surface area contributed by atoms with E-state index in [0.717, 1.165) is 32.9 Å². The molecule has 2 heterocycles. The summed E-state index contributed by atoms with van der Waals surface area (Å²) in [4.78, 5) is 0. The lowest BCUT2D eigenvalue weighted by Crippen LogP contribution is -2.29. The highest BCUT2D eigenvalue weighted by molar-refractivity contribution is 6.61. The molecule has 0 radical (unpaired) electrons. The Hall–Kier alpha value is -5.10. The maximum atomic E-state index is 10.0. The lowest BCUT2D eigenvalue weighted by molar-refractivity contribution is 0.425. The van der Waals surface area contributed by atoms with Crippen LogP contribution in [0.25, 0.3) is 71.7 Å². The van der Waals surface area contributed by atoms with E-state index in [2.05, 4.69) is 109 Å². The Balaban J connectivity index is 1.26. The molecule has 6 aromatic carbocycles. The van der Waals surface area contributed by atoms with Crippen molar-refractivity contribution in [2.24, 2.45) is 0 Å². The van der Waals surface area contributed by atoms with Gasteiger partial charge in [0.25, 0.3) is 0 Å². The third kappa shape index (κ3) is 3.37. The van der Waals surface area contributed by atoms with Crippen LogP contribution in [0.3, 0.4) is 0 Å². The van der Waals surface area contributed by atoms with Crippen molar-refractivity contribution in [1.82, 2.24) is 4.57 Å². The van der Waals surface area contributed by atoms with Crippen LogP contribution in [0, 0.1) is 0 Å². The van der Waals surface area contributed by atoms with Crippen LogP contribution in [0.15, 0.2) is 126 Å². The van der Waals surface area contributed by atoms with Crippen LogP contribution in [0.5, 0.6) is 0 Å². The van der Waals surface area contributed by atoms with E-state index in [0.29, 0.717) is 16.6 Å². The molecule has 2 N–H and O–H groups in total. The molecule has 5 heteroatoms. The van der Waals surface area contributed by atoms with Gasteiger partial charge in [0.05, 0.1) is 16.7 Å². The van der Waals surface area contributed by atoms with Crippen LogP contribution >= 0.6 is 0 Å². The number of hydrogen-bond acceptors (Lipinski definition) is 3. The Morgan fingerprint density at radius 2 is 1.23 bits per heavy atom. The van der Waals surface area contributed by atoms with Crippen molar-refractivity contribution < 1.29 is 14.5 Å². The molecular weight excluding hydrogens is 541 g/mol. The molecule has 210 valence electrons. The number of benzene rings is 6. The first-order valence-corrected chi connectivity index (χ1v) is 15.0. The molecule has 9 rings (SSSR count). The van der Waals surface area contributed by atoms with Gasteiger partial charge in [0.2, 0.25) is 0 Å². The van der Waals surface area contributed by atoms with Crippen molar-refractivity contribution >= 4 is 56.3 Å². The van der Waals surface area contributed by atoms with E-state index >= 15 is 0 Å². The van der Waals surface area contributed by atoms with E-state index in [1.54, 1.807) is 6.07 Å². The fourth-order valence-electron chi connectivity index (χ4n) is 7.50. The standard InChI is InChI=1S/C39H28BNO3/c1-39(2)31-13-5-3-9-25(31)26-19-17-24(22-32(26)39)23-18-20-35-30(21-23)27-10-4-6-15-34(27)41(35)36-16-8-12-29-28-11-7-14-33(40(42)43)37(28)44-38(29)36/h3-22,42-43H,1-2H3. The molecule has 1 aliphatic rings. The van der Waals surface area contributed by atoms with Gasteiger partial charge in [-0.25, -0.2) is 0 Å². The zero-order valence-electron chi connectivity index (χ0n) is 24.4. The molecular formula is C39H28BNO3. The molecule has 44 heavy (non-hydrogen) atoms. The summed E-state index contributed by atoms with van der Waals surface area (Å²) in [5.74, 6) is 0. The van der Waals surface area contributed by atoms with E-state index in [1.165, 1.54) is 38.8 Å². The average molecular weight is 569 g/mol. The summed E-state index contributed by atoms with van der Waals surface area (Å²) in [6.45, 7) is 4.64. The predicted octanol–water partition coefficient (Wildman–Crippen LogP) is 8.34. The first-order valence-electron chi connectivity index (χ1n) is 15.0. The number of nitrogens with zero attached hydrogens (tertiary/aromatic N) is 1. The van der Waals surface area contributed by atoms with Crippen LogP contribution < -0.4 is 5.46 Å². The zero-order valence-corrected chi connectivity index (χ0v) is 24.4. The molecule has 0 spiro atoms. The van der Waals surface area contributed by atoms with E-state index in [9.17, 15) is 10.0 Å². The summed E-state index contributed by atoms with van der Waals surface area (Å²) in [6, 6.07) is 42.5. The molecule has 0 saturated heterocycles. The number of fused-ring (bicyclic) bond motifs is 9. The summed E-state index contributed by atoms with van der Waals surface area (Å²) in [5.41, 5.74) is 12.4. The molecule has 2 aromatic heterocycles. The van der Waals surface area contributed by atoms with Crippen molar-refractivity contribution in [3.05, 3.63) is 132 Å². The monoisotopic (exact) mass is 569 g/mol. The first-order chi connectivity index (χ1) is 21.4. The second kappa shape index (κ2) is 8.96. The minimum absolute atomic E-state index is 0.0563. The van der Waals surface area contributed by atoms with Crippen LogP contribution in [0.1, 0.15) is 25.0 Å². The minimum atomic E-state index is -1.62. The molecule has 0 bridgehead atoms. The summed E-state index contributed by atoms with van der Waals surface area (Å²) < 4.78 is 8.70. The van der Waals surface area contributed by atoms with Gasteiger partial charge in [0, 0.05) is 32.4 Å². The SMILES string of the molecule is CC1(C)c2ccccc2-c2ccc(-c3ccc4c(c3)c3ccccc3n4-c3cccc4c3oc3c(B(O)O)cccc34)cc21. The van der Waals surface area contributed by atoms with Gasteiger partial charge in [-0.05, 0) is 63.7 Å². The van der Waals surface area contributed by atoms with Gasteiger partial charge in [0.1, 0.15) is 5.58 Å². The van der Waals surface area contributed by atoms with Gasteiger partial charge in [-0.15, -0.1) is 0 Å². The van der Waals surface area contributed by atoms with Crippen molar-refractivity contribution in [1.29, 1.82) is 0 Å². The second-order valence-corrected chi connectivity index (χ2v) is 12.4. The van der Waals surface area contributed by atoms with E-state index < -0.39 is 7.12 Å². The number of para-hydroxylation sites is 3. The van der Waals surface area contributed by atoms with Crippen molar-refractivity contribution in [3.63, 3.8) is 0 Å². The molecule has 0 aliphatic heterocycles. The van der Waals surface area contributed by atoms with Gasteiger partial charge in [-0.1, -0.05) is 105 Å². The molecule has 4 nitrogen and oxygen atoms in total. The Kier molecular flexibility index (Phi) is 5.17.